The van der Waals surface area contributed by atoms with E-state index in [9.17, 15) is 4.79 Å². The quantitative estimate of drug-likeness (QED) is 0.706. The molecule has 4 nitrogen and oxygen atoms in total. The number of ether oxygens (including phenoxy) is 1. The van der Waals surface area contributed by atoms with Crippen LogP contribution in [0.2, 0.25) is 0 Å². The number of carbonyl (C=O) groups is 1. The second-order valence-electron chi connectivity index (χ2n) is 3.92. The minimum absolute atomic E-state index is 0.0391. The molecule has 1 aliphatic rings. The Hall–Kier alpha value is -0.610. The van der Waals surface area contributed by atoms with E-state index in [0.29, 0.717) is 13.2 Å². The highest BCUT2D eigenvalue weighted by Gasteiger charge is 2.23. The highest BCUT2D eigenvalue weighted by Crippen LogP contribution is 2.00. The summed E-state index contributed by atoms with van der Waals surface area (Å²) in [4.78, 5) is 13.5. The Morgan fingerprint density at radius 3 is 3.00 bits per heavy atom. The molecule has 1 saturated heterocycles. The van der Waals surface area contributed by atoms with Gasteiger partial charge in [0.2, 0.25) is 5.91 Å². The maximum absolute atomic E-state index is 11.6. The van der Waals surface area contributed by atoms with Gasteiger partial charge in [-0.2, -0.15) is 0 Å². The summed E-state index contributed by atoms with van der Waals surface area (Å²) >= 11 is 0. The summed E-state index contributed by atoms with van der Waals surface area (Å²) in [6.45, 7) is 8.93. The van der Waals surface area contributed by atoms with Crippen molar-refractivity contribution < 1.29 is 9.53 Å². The van der Waals surface area contributed by atoms with Crippen molar-refractivity contribution in [2.24, 2.45) is 0 Å². The standard InChI is InChI=1S/C10H20N2O2/c1-8(2)14-7-6-12-5-4-11-9(3)10(12)13/h8-9,11H,4-7H2,1-3H3. The number of hydrogen-bond acceptors (Lipinski definition) is 3. The summed E-state index contributed by atoms with van der Waals surface area (Å²) in [5.41, 5.74) is 0. The smallest absolute Gasteiger partial charge is 0.239 e. The molecule has 0 spiro atoms. The van der Waals surface area contributed by atoms with Gasteiger partial charge in [-0.15, -0.1) is 0 Å². The Bertz CT molecular complexity index is 195. The molecular weight excluding hydrogens is 180 g/mol. The van der Waals surface area contributed by atoms with E-state index in [0.717, 1.165) is 13.1 Å². The average Bonchev–Trinajstić information content (AvgIpc) is 2.12. The Labute approximate surface area is 85.6 Å². The van der Waals surface area contributed by atoms with Crippen molar-refractivity contribution in [1.29, 1.82) is 0 Å². The van der Waals surface area contributed by atoms with Crippen molar-refractivity contribution in [1.82, 2.24) is 10.2 Å². The van der Waals surface area contributed by atoms with Crippen LogP contribution >= 0.6 is 0 Å². The van der Waals surface area contributed by atoms with Gasteiger partial charge in [-0.3, -0.25) is 4.79 Å². The maximum Gasteiger partial charge on any atom is 0.239 e. The molecule has 1 N–H and O–H groups in total. The lowest BCUT2D eigenvalue weighted by atomic mass is 10.2. The molecule has 14 heavy (non-hydrogen) atoms. The lowest BCUT2D eigenvalue weighted by Gasteiger charge is -2.31. The third kappa shape index (κ3) is 3.27. The van der Waals surface area contributed by atoms with Crippen molar-refractivity contribution in [3.63, 3.8) is 0 Å². The van der Waals surface area contributed by atoms with Crippen LogP contribution in [-0.2, 0) is 9.53 Å². The van der Waals surface area contributed by atoms with Crippen molar-refractivity contribution in [3.8, 4) is 0 Å². The van der Waals surface area contributed by atoms with Gasteiger partial charge in [0.1, 0.15) is 0 Å². The molecule has 0 aromatic rings. The van der Waals surface area contributed by atoms with Crippen LogP contribution in [0.25, 0.3) is 0 Å². The number of rotatable bonds is 4. The number of nitrogens with zero attached hydrogens (tertiary/aromatic N) is 1. The van der Waals surface area contributed by atoms with Crippen LogP contribution in [0, 0.1) is 0 Å². The van der Waals surface area contributed by atoms with Crippen LogP contribution in [-0.4, -0.2) is 49.2 Å². The molecule has 1 aliphatic heterocycles. The van der Waals surface area contributed by atoms with Gasteiger partial charge < -0.3 is 15.0 Å². The first kappa shape index (κ1) is 11.5. The van der Waals surface area contributed by atoms with E-state index in [4.69, 9.17) is 4.74 Å². The molecule has 1 rings (SSSR count). The second-order valence-corrected chi connectivity index (χ2v) is 3.92. The highest BCUT2D eigenvalue weighted by molar-refractivity contribution is 5.82. The molecule has 0 radical (unpaired) electrons. The van der Waals surface area contributed by atoms with Gasteiger partial charge in [-0.05, 0) is 20.8 Å². The normalized spacial score (nSPS) is 23.3. The van der Waals surface area contributed by atoms with Crippen LogP contribution in [0.5, 0.6) is 0 Å². The molecule has 1 amide bonds. The lowest BCUT2D eigenvalue weighted by Crippen LogP contribution is -2.54. The van der Waals surface area contributed by atoms with Crippen LogP contribution in [0.4, 0.5) is 0 Å². The van der Waals surface area contributed by atoms with Gasteiger partial charge >= 0.3 is 0 Å². The van der Waals surface area contributed by atoms with Gasteiger partial charge in [0, 0.05) is 19.6 Å². The monoisotopic (exact) mass is 200 g/mol. The van der Waals surface area contributed by atoms with Crippen molar-refractivity contribution >= 4 is 5.91 Å². The fourth-order valence-corrected chi connectivity index (χ4v) is 1.51. The zero-order valence-corrected chi connectivity index (χ0v) is 9.25. The maximum atomic E-state index is 11.6. The van der Waals surface area contributed by atoms with Crippen LogP contribution in [0.15, 0.2) is 0 Å². The molecule has 0 aromatic heterocycles. The van der Waals surface area contributed by atoms with Crippen LogP contribution in [0.1, 0.15) is 20.8 Å². The van der Waals surface area contributed by atoms with Gasteiger partial charge in [0.05, 0.1) is 18.8 Å². The SMILES string of the molecule is CC(C)OCCN1CCNC(C)C1=O. The molecule has 1 unspecified atom stereocenters. The third-order valence-electron chi connectivity index (χ3n) is 2.33. The molecular formula is C10H20N2O2. The fourth-order valence-electron chi connectivity index (χ4n) is 1.51. The first-order chi connectivity index (χ1) is 6.61. The second kappa shape index (κ2) is 5.32. The van der Waals surface area contributed by atoms with E-state index in [1.807, 2.05) is 25.7 Å². The third-order valence-corrected chi connectivity index (χ3v) is 2.33. The summed E-state index contributed by atoms with van der Waals surface area (Å²) in [6.07, 6.45) is 0.241. The van der Waals surface area contributed by atoms with E-state index < -0.39 is 0 Å². The van der Waals surface area contributed by atoms with E-state index in [2.05, 4.69) is 5.32 Å². The minimum Gasteiger partial charge on any atom is -0.377 e. The Kier molecular flexibility index (Phi) is 4.35. The molecule has 82 valence electrons. The largest absolute Gasteiger partial charge is 0.377 e. The number of piperazine rings is 1. The molecule has 1 heterocycles. The molecule has 0 aromatic carbocycles. The van der Waals surface area contributed by atoms with Crippen molar-refractivity contribution in [2.75, 3.05) is 26.2 Å². The summed E-state index contributed by atoms with van der Waals surface area (Å²) < 4.78 is 5.41. The molecule has 0 bridgehead atoms. The molecule has 1 atom stereocenters. The molecule has 0 saturated carbocycles. The average molecular weight is 200 g/mol. The molecule has 1 fully saturated rings. The summed E-state index contributed by atoms with van der Waals surface area (Å²) in [7, 11) is 0. The lowest BCUT2D eigenvalue weighted by molar-refractivity contribution is -0.136. The fraction of sp³-hybridized carbons (Fsp3) is 0.900. The van der Waals surface area contributed by atoms with Gasteiger partial charge in [-0.25, -0.2) is 0 Å². The number of carbonyl (C=O) groups excluding carboxylic acids is 1. The first-order valence-electron chi connectivity index (χ1n) is 5.25. The Morgan fingerprint density at radius 1 is 1.64 bits per heavy atom. The van der Waals surface area contributed by atoms with E-state index in [-0.39, 0.29) is 18.1 Å². The molecule has 4 heteroatoms. The van der Waals surface area contributed by atoms with E-state index in [1.54, 1.807) is 0 Å². The van der Waals surface area contributed by atoms with Gasteiger partial charge in [0.15, 0.2) is 0 Å². The predicted molar refractivity (Wildman–Crippen MR) is 55.1 cm³/mol. The Morgan fingerprint density at radius 2 is 2.36 bits per heavy atom. The topological polar surface area (TPSA) is 41.6 Å². The van der Waals surface area contributed by atoms with E-state index >= 15 is 0 Å². The first-order valence-corrected chi connectivity index (χ1v) is 5.25. The van der Waals surface area contributed by atoms with Crippen molar-refractivity contribution in [3.05, 3.63) is 0 Å². The zero-order valence-electron chi connectivity index (χ0n) is 9.25. The van der Waals surface area contributed by atoms with Gasteiger partial charge in [0.25, 0.3) is 0 Å². The number of nitrogens with one attached hydrogen (secondary N) is 1. The molecule has 0 aliphatic carbocycles. The predicted octanol–water partition coefficient (Wildman–Crippen LogP) is 0.232. The summed E-state index contributed by atoms with van der Waals surface area (Å²) in [5.74, 6) is 0.184. The number of amides is 1. The van der Waals surface area contributed by atoms with Crippen molar-refractivity contribution in [2.45, 2.75) is 32.9 Å². The van der Waals surface area contributed by atoms with Crippen LogP contribution < -0.4 is 5.32 Å². The van der Waals surface area contributed by atoms with Crippen LogP contribution in [0.3, 0.4) is 0 Å². The zero-order chi connectivity index (χ0) is 10.6. The summed E-state index contributed by atoms with van der Waals surface area (Å²) in [5, 5.41) is 3.13. The Balaban J connectivity index is 2.25. The summed E-state index contributed by atoms with van der Waals surface area (Å²) in [6, 6.07) is -0.0391. The minimum atomic E-state index is -0.0391. The van der Waals surface area contributed by atoms with Gasteiger partial charge in [-0.1, -0.05) is 0 Å². The number of hydrogen-bond donors (Lipinski definition) is 1. The van der Waals surface area contributed by atoms with E-state index in [1.165, 1.54) is 0 Å². The highest BCUT2D eigenvalue weighted by atomic mass is 16.5.